The second-order valence-electron chi connectivity index (χ2n) is 5.76. The van der Waals surface area contributed by atoms with Crippen molar-refractivity contribution in [3.63, 3.8) is 0 Å². The van der Waals surface area contributed by atoms with Gasteiger partial charge in [0.1, 0.15) is 0 Å². The van der Waals surface area contributed by atoms with Crippen LogP contribution in [-0.2, 0) is 4.74 Å². The normalized spacial score (nSPS) is 17.4. The average Bonchev–Trinajstić information content (AvgIpc) is 2.37. The highest BCUT2D eigenvalue weighted by molar-refractivity contribution is 6.01. The second-order valence-corrected chi connectivity index (χ2v) is 5.76. The minimum atomic E-state index is -1.05. The molecule has 0 aliphatic carbocycles. The highest BCUT2D eigenvalue weighted by Crippen LogP contribution is 2.22. The number of nitrogens with zero attached hydrogens (tertiary/aromatic N) is 1. The number of carbonyl (C=O) groups is 2. The summed E-state index contributed by atoms with van der Waals surface area (Å²) < 4.78 is 5.56. The molecular formula is C15H20N2O4. The van der Waals surface area contributed by atoms with Crippen molar-refractivity contribution in [1.82, 2.24) is 4.90 Å². The molecule has 1 aliphatic rings. The van der Waals surface area contributed by atoms with Gasteiger partial charge in [0.15, 0.2) is 0 Å². The Bertz CT molecular complexity index is 569. The lowest BCUT2D eigenvalue weighted by Crippen LogP contribution is -2.51. The molecule has 2 amide bonds. The topological polar surface area (TPSA) is 78.9 Å². The summed E-state index contributed by atoms with van der Waals surface area (Å²) in [5.74, 6) is -1.05. The van der Waals surface area contributed by atoms with Crippen LogP contribution in [0.25, 0.3) is 0 Å². The minimum absolute atomic E-state index is 0.123. The first-order chi connectivity index (χ1) is 9.80. The largest absolute Gasteiger partial charge is 0.478 e. The van der Waals surface area contributed by atoms with Crippen LogP contribution in [0.5, 0.6) is 0 Å². The molecule has 6 nitrogen and oxygen atoms in total. The van der Waals surface area contributed by atoms with Crippen LogP contribution in [0.1, 0.15) is 29.8 Å². The lowest BCUT2D eigenvalue weighted by Gasteiger charge is -2.38. The molecule has 2 rings (SSSR count). The zero-order chi connectivity index (χ0) is 15.6. The highest BCUT2D eigenvalue weighted by Gasteiger charge is 2.30. The van der Waals surface area contributed by atoms with E-state index < -0.39 is 11.6 Å². The number of benzene rings is 1. The molecule has 1 aromatic rings. The maximum atomic E-state index is 12.3. The number of carboxylic acids is 1. The molecule has 1 aromatic carbocycles. The molecule has 0 unspecified atom stereocenters. The Morgan fingerprint density at radius 3 is 2.71 bits per heavy atom. The van der Waals surface area contributed by atoms with Gasteiger partial charge in [-0.3, -0.25) is 0 Å². The third-order valence-electron chi connectivity index (χ3n) is 3.44. The molecule has 2 N–H and O–H groups in total. The Morgan fingerprint density at radius 2 is 2.10 bits per heavy atom. The van der Waals surface area contributed by atoms with E-state index >= 15 is 0 Å². The minimum Gasteiger partial charge on any atom is -0.478 e. The van der Waals surface area contributed by atoms with Gasteiger partial charge in [-0.1, -0.05) is 12.1 Å². The number of morpholine rings is 1. The Balaban J connectivity index is 2.17. The van der Waals surface area contributed by atoms with E-state index in [2.05, 4.69) is 5.32 Å². The van der Waals surface area contributed by atoms with Gasteiger partial charge in [0.05, 0.1) is 30.0 Å². The molecule has 0 bridgehead atoms. The summed E-state index contributed by atoms with van der Waals surface area (Å²) in [6.07, 6.45) is 0. The number of rotatable bonds is 2. The number of aryl methyl sites for hydroxylation is 1. The van der Waals surface area contributed by atoms with Crippen molar-refractivity contribution >= 4 is 17.7 Å². The van der Waals surface area contributed by atoms with Gasteiger partial charge < -0.3 is 20.1 Å². The van der Waals surface area contributed by atoms with E-state index in [1.165, 1.54) is 0 Å². The third-order valence-corrected chi connectivity index (χ3v) is 3.44. The fraction of sp³-hybridized carbons (Fsp3) is 0.467. The molecule has 114 valence electrons. The van der Waals surface area contributed by atoms with Gasteiger partial charge in [-0.2, -0.15) is 0 Å². The van der Waals surface area contributed by atoms with E-state index in [4.69, 9.17) is 4.74 Å². The van der Waals surface area contributed by atoms with E-state index in [1.807, 2.05) is 13.8 Å². The van der Waals surface area contributed by atoms with Crippen LogP contribution in [0.2, 0.25) is 0 Å². The maximum Gasteiger partial charge on any atom is 0.338 e. The quantitative estimate of drug-likeness (QED) is 0.877. The molecule has 0 aromatic heterocycles. The number of urea groups is 1. The lowest BCUT2D eigenvalue weighted by molar-refractivity contribution is -0.0720. The number of nitrogens with one attached hydrogen (secondary N) is 1. The monoisotopic (exact) mass is 292 g/mol. The van der Waals surface area contributed by atoms with Crippen LogP contribution >= 0.6 is 0 Å². The summed E-state index contributed by atoms with van der Waals surface area (Å²) >= 11 is 0. The van der Waals surface area contributed by atoms with Crippen molar-refractivity contribution in [2.24, 2.45) is 0 Å². The fourth-order valence-corrected chi connectivity index (χ4v) is 2.44. The number of anilines is 1. The Kier molecular flexibility index (Phi) is 4.18. The molecule has 6 heteroatoms. The summed E-state index contributed by atoms with van der Waals surface area (Å²) in [6.45, 7) is 6.97. The van der Waals surface area contributed by atoms with Gasteiger partial charge in [-0.05, 0) is 32.4 Å². The summed E-state index contributed by atoms with van der Waals surface area (Å²) in [5, 5.41) is 12.0. The predicted octanol–water partition coefficient (Wildman–Crippen LogP) is 2.34. The molecule has 0 saturated carbocycles. The van der Waals surface area contributed by atoms with E-state index in [0.29, 0.717) is 30.9 Å². The van der Waals surface area contributed by atoms with Crippen LogP contribution in [-0.4, -0.2) is 47.3 Å². The summed E-state index contributed by atoms with van der Waals surface area (Å²) in [7, 11) is 0. The van der Waals surface area contributed by atoms with Crippen LogP contribution in [0, 0.1) is 6.92 Å². The Morgan fingerprint density at radius 1 is 1.38 bits per heavy atom. The predicted molar refractivity (Wildman–Crippen MR) is 78.8 cm³/mol. The van der Waals surface area contributed by atoms with E-state index in [-0.39, 0.29) is 11.6 Å². The van der Waals surface area contributed by atoms with Crippen molar-refractivity contribution in [3.8, 4) is 0 Å². The van der Waals surface area contributed by atoms with E-state index in [9.17, 15) is 14.7 Å². The molecule has 1 saturated heterocycles. The number of carboxylic acid groups (broad SMARTS) is 1. The molecule has 0 spiro atoms. The fourth-order valence-electron chi connectivity index (χ4n) is 2.44. The molecule has 0 radical (unpaired) electrons. The smallest absolute Gasteiger partial charge is 0.338 e. The van der Waals surface area contributed by atoms with Gasteiger partial charge in [0.2, 0.25) is 0 Å². The van der Waals surface area contributed by atoms with Crippen molar-refractivity contribution in [2.75, 3.05) is 25.0 Å². The zero-order valence-electron chi connectivity index (χ0n) is 12.5. The van der Waals surface area contributed by atoms with Gasteiger partial charge in [0, 0.05) is 6.54 Å². The summed E-state index contributed by atoms with van der Waals surface area (Å²) in [6, 6.07) is 4.72. The Hall–Kier alpha value is -2.08. The SMILES string of the molecule is Cc1cccc(NC(=O)N2CCOC(C)(C)C2)c1C(=O)O. The van der Waals surface area contributed by atoms with Crippen LogP contribution < -0.4 is 5.32 Å². The van der Waals surface area contributed by atoms with Crippen molar-refractivity contribution in [2.45, 2.75) is 26.4 Å². The van der Waals surface area contributed by atoms with Gasteiger partial charge >= 0.3 is 12.0 Å². The number of ether oxygens (including phenoxy) is 1. The van der Waals surface area contributed by atoms with Crippen LogP contribution in [0.15, 0.2) is 18.2 Å². The first kappa shape index (κ1) is 15.3. The maximum absolute atomic E-state index is 12.3. The first-order valence-electron chi connectivity index (χ1n) is 6.83. The standard InChI is InChI=1S/C15H20N2O4/c1-10-5-4-6-11(12(10)13(18)19)16-14(20)17-7-8-21-15(2,3)9-17/h4-6H,7-9H2,1-3H3,(H,16,20)(H,18,19). The van der Waals surface area contributed by atoms with Crippen molar-refractivity contribution in [3.05, 3.63) is 29.3 Å². The molecule has 0 atom stereocenters. The number of hydrogen-bond donors (Lipinski definition) is 2. The highest BCUT2D eigenvalue weighted by atomic mass is 16.5. The molecule has 1 fully saturated rings. The first-order valence-corrected chi connectivity index (χ1v) is 6.83. The number of amides is 2. The summed E-state index contributed by atoms with van der Waals surface area (Å²) in [4.78, 5) is 25.3. The molecule has 1 aliphatic heterocycles. The molecule has 21 heavy (non-hydrogen) atoms. The zero-order valence-corrected chi connectivity index (χ0v) is 12.5. The van der Waals surface area contributed by atoms with Gasteiger partial charge in [-0.15, -0.1) is 0 Å². The van der Waals surface area contributed by atoms with E-state index in [1.54, 1.807) is 30.0 Å². The van der Waals surface area contributed by atoms with Gasteiger partial charge in [0.25, 0.3) is 0 Å². The van der Waals surface area contributed by atoms with Crippen LogP contribution in [0.3, 0.4) is 0 Å². The molecular weight excluding hydrogens is 272 g/mol. The van der Waals surface area contributed by atoms with Crippen LogP contribution in [0.4, 0.5) is 10.5 Å². The molecule has 1 heterocycles. The van der Waals surface area contributed by atoms with Gasteiger partial charge in [-0.25, -0.2) is 9.59 Å². The number of carbonyl (C=O) groups excluding carboxylic acids is 1. The average molecular weight is 292 g/mol. The summed E-state index contributed by atoms with van der Waals surface area (Å²) in [5.41, 5.74) is 0.662. The lowest BCUT2D eigenvalue weighted by atomic mass is 10.1. The Labute approximate surface area is 123 Å². The number of hydrogen-bond acceptors (Lipinski definition) is 3. The van der Waals surface area contributed by atoms with Crippen molar-refractivity contribution in [1.29, 1.82) is 0 Å². The third kappa shape index (κ3) is 3.52. The number of aromatic carboxylic acids is 1. The van der Waals surface area contributed by atoms with E-state index in [0.717, 1.165) is 0 Å². The van der Waals surface area contributed by atoms with Crippen molar-refractivity contribution < 1.29 is 19.4 Å². The second kappa shape index (κ2) is 5.73.